The van der Waals surface area contributed by atoms with Gasteiger partial charge in [-0.05, 0) is 0 Å². The van der Waals surface area contributed by atoms with Crippen LogP contribution in [-0.2, 0) is 0 Å². The third-order valence-electron chi connectivity index (χ3n) is 1.46. The Morgan fingerprint density at radius 2 is 1.00 bits per heavy atom. The molecule has 0 unspecified atom stereocenters. The molecule has 9 heavy (non-hydrogen) atoms. The predicted octanol–water partition coefficient (Wildman–Crippen LogP) is 2.99. The molecule has 0 aromatic carbocycles. The molecule has 0 saturated carbocycles. The summed E-state index contributed by atoms with van der Waals surface area (Å²) in [6.45, 7) is 4.51. The van der Waals surface area contributed by atoms with E-state index in [1.807, 2.05) is 0 Å². The molecule has 0 amide bonds. The Hall–Kier alpha value is 1.57. The van der Waals surface area contributed by atoms with Crippen molar-refractivity contribution in [3.63, 3.8) is 0 Å². The van der Waals surface area contributed by atoms with Crippen molar-refractivity contribution in [2.75, 3.05) is 0 Å². The fourth-order valence-electron chi connectivity index (χ4n) is 0.854. The summed E-state index contributed by atoms with van der Waals surface area (Å²) in [5.74, 6) is 0. The Labute approximate surface area is 99.9 Å². The maximum absolute atomic E-state index is 2.26. The van der Waals surface area contributed by atoms with Gasteiger partial charge in [0.05, 0.1) is 0 Å². The molecule has 0 aromatic rings. The molecule has 52 valence electrons. The van der Waals surface area contributed by atoms with Crippen molar-refractivity contribution < 1.29 is 0 Å². The molecule has 0 aliphatic carbocycles. The quantitative estimate of drug-likeness (QED) is 0.520. The van der Waals surface area contributed by atoms with Crippen molar-refractivity contribution in [1.29, 1.82) is 0 Å². The largest absolute Gasteiger partial charge is 0.0654 e. The van der Waals surface area contributed by atoms with Crippen LogP contribution >= 0.6 is 0 Å². The van der Waals surface area contributed by atoms with Crippen LogP contribution in [0.3, 0.4) is 0 Å². The van der Waals surface area contributed by atoms with E-state index in [1.54, 1.807) is 0 Å². The summed E-state index contributed by atoms with van der Waals surface area (Å²) in [6.07, 6.45) is 8.49. The van der Waals surface area contributed by atoms with E-state index < -0.39 is 0 Å². The molecule has 0 N–H and O–H groups in total. The first-order valence-electron chi connectivity index (χ1n) is 3.91. The van der Waals surface area contributed by atoms with Gasteiger partial charge in [-0.2, -0.15) is 0 Å². The van der Waals surface area contributed by atoms with Gasteiger partial charge in [-0.3, -0.25) is 0 Å². The zero-order valence-corrected chi connectivity index (χ0v) is 11.4. The minimum absolute atomic E-state index is 0. The number of unbranched alkanes of at least 4 members (excludes halogenated alkanes) is 5. The molecule has 0 atom stereocenters. The summed E-state index contributed by atoms with van der Waals surface area (Å²) in [6, 6.07) is 0. The average Bonchev–Trinajstić information content (AvgIpc) is 1.81. The molecule has 0 bridgehead atoms. The Kier molecular flexibility index (Phi) is 18.0. The third-order valence-corrected chi connectivity index (χ3v) is 1.46. The summed E-state index contributed by atoms with van der Waals surface area (Å²) < 4.78 is 0. The third kappa shape index (κ3) is 12.7. The number of rotatable bonds is 5. The molecule has 0 heterocycles. The average molecular weight is 252 g/mol. The molecular formula is C8H18Ba. The molecule has 0 aliphatic heterocycles. The normalized spacial score (nSPS) is 8.67. The SMILES string of the molecule is CCCCCCCC.[Ba]. The van der Waals surface area contributed by atoms with Crippen molar-refractivity contribution in [2.24, 2.45) is 0 Å². The Morgan fingerprint density at radius 3 is 1.22 bits per heavy atom. The molecule has 0 aliphatic rings. The maximum Gasteiger partial charge on any atom is 0 e. The smallest absolute Gasteiger partial charge is 0 e. The molecule has 0 spiro atoms. The molecule has 0 fully saturated rings. The Balaban J connectivity index is 0. The van der Waals surface area contributed by atoms with Crippen LogP contribution in [0.5, 0.6) is 0 Å². The van der Waals surface area contributed by atoms with Crippen LogP contribution in [0.1, 0.15) is 52.4 Å². The van der Waals surface area contributed by atoms with E-state index in [4.69, 9.17) is 0 Å². The standard InChI is InChI=1S/C8H18.Ba/c1-3-5-7-8-6-4-2;/h3-8H2,1-2H3;. The number of hydrogen-bond acceptors (Lipinski definition) is 0. The fourth-order valence-corrected chi connectivity index (χ4v) is 0.854. The van der Waals surface area contributed by atoms with Crippen molar-refractivity contribution in [1.82, 2.24) is 0 Å². The van der Waals surface area contributed by atoms with Crippen molar-refractivity contribution >= 4 is 48.9 Å². The summed E-state index contributed by atoms with van der Waals surface area (Å²) in [7, 11) is 0. The zero-order chi connectivity index (χ0) is 6.24. The van der Waals surface area contributed by atoms with Crippen molar-refractivity contribution in [2.45, 2.75) is 52.4 Å². The van der Waals surface area contributed by atoms with Crippen LogP contribution in [0, 0.1) is 0 Å². The first kappa shape index (κ1) is 13.2. The van der Waals surface area contributed by atoms with E-state index in [0.717, 1.165) is 0 Å². The van der Waals surface area contributed by atoms with Gasteiger partial charge in [-0.15, -0.1) is 0 Å². The van der Waals surface area contributed by atoms with E-state index in [1.165, 1.54) is 38.5 Å². The van der Waals surface area contributed by atoms with Gasteiger partial charge in [0.15, 0.2) is 0 Å². The van der Waals surface area contributed by atoms with Crippen LogP contribution in [0.2, 0.25) is 0 Å². The summed E-state index contributed by atoms with van der Waals surface area (Å²) >= 11 is 0. The van der Waals surface area contributed by atoms with Crippen LogP contribution in [0.25, 0.3) is 0 Å². The minimum atomic E-state index is 0. The van der Waals surface area contributed by atoms with Gasteiger partial charge in [0, 0.05) is 48.9 Å². The Morgan fingerprint density at radius 1 is 0.667 bits per heavy atom. The van der Waals surface area contributed by atoms with Gasteiger partial charge in [-0.1, -0.05) is 52.4 Å². The van der Waals surface area contributed by atoms with Gasteiger partial charge in [-0.25, -0.2) is 0 Å². The van der Waals surface area contributed by atoms with Crippen LogP contribution < -0.4 is 0 Å². The van der Waals surface area contributed by atoms with E-state index >= 15 is 0 Å². The van der Waals surface area contributed by atoms with Crippen LogP contribution in [-0.4, -0.2) is 48.9 Å². The first-order chi connectivity index (χ1) is 3.91. The van der Waals surface area contributed by atoms with Crippen LogP contribution in [0.4, 0.5) is 0 Å². The predicted molar refractivity (Wildman–Crippen MR) is 44.8 cm³/mol. The summed E-state index contributed by atoms with van der Waals surface area (Å²) in [4.78, 5) is 0. The second-order valence-corrected chi connectivity index (χ2v) is 2.41. The van der Waals surface area contributed by atoms with Gasteiger partial charge in [0.25, 0.3) is 0 Å². The topological polar surface area (TPSA) is 0 Å². The van der Waals surface area contributed by atoms with Crippen LogP contribution in [0.15, 0.2) is 0 Å². The maximum atomic E-state index is 2.26. The minimum Gasteiger partial charge on any atom is -0.0654 e. The summed E-state index contributed by atoms with van der Waals surface area (Å²) in [5, 5.41) is 0. The second-order valence-electron chi connectivity index (χ2n) is 2.41. The summed E-state index contributed by atoms with van der Waals surface area (Å²) in [5.41, 5.74) is 0. The molecule has 0 aromatic heterocycles. The van der Waals surface area contributed by atoms with Gasteiger partial charge in [0.1, 0.15) is 0 Å². The van der Waals surface area contributed by atoms with E-state index in [0.29, 0.717) is 0 Å². The molecule has 0 nitrogen and oxygen atoms in total. The van der Waals surface area contributed by atoms with E-state index in [2.05, 4.69) is 13.8 Å². The van der Waals surface area contributed by atoms with Gasteiger partial charge in [0.2, 0.25) is 0 Å². The second kappa shape index (κ2) is 12.3. The molecule has 2 radical (unpaired) electrons. The van der Waals surface area contributed by atoms with Gasteiger partial charge < -0.3 is 0 Å². The zero-order valence-electron chi connectivity index (χ0n) is 6.95. The fraction of sp³-hybridized carbons (Fsp3) is 1.00. The molecule has 0 rings (SSSR count). The van der Waals surface area contributed by atoms with Gasteiger partial charge >= 0.3 is 0 Å². The van der Waals surface area contributed by atoms with E-state index in [9.17, 15) is 0 Å². The van der Waals surface area contributed by atoms with Crippen molar-refractivity contribution in [3.8, 4) is 0 Å². The Bertz CT molecular complexity index is 29.5. The first-order valence-corrected chi connectivity index (χ1v) is 3.91. The molecule has 1 heteroatoms. The monoisotopic (exact) mass is 252 g/mol. The van der Waals surface area contributed by atoms with Crippen molar-refractivity contribution in [3.05, 3.63) is 0 Å². The van der Waals surface area contributed by atoms with E-state index in [-0.39, 0.29) is 48.9 Å². The molecule has 0 saturated heterocycles. The molecular weight excluding hydrogens is 233 g/mol. The number of hydrogen-bond donors (Lipinski definition) is 0.